The van der Waals surface area contributed by atoms with Crippen LogP contribution in [0.5, 0.6) is 0 Å². The first-order valence-electron chi connectivity index (χ1n) is 7.43. The molecule has 0 saturated heterocycles. The van der Waals surface area contributed by atoms with Gasteiger partial charge in [-0.2, -0.15) is 13.2 Å². The molecule has 1 aromatic carbocycles. The van der Waals surface area contributed by atoms with Crippen LogP contribution in [0.15, 0.2) is 30.5 Å². The van der Waals surface area contributed by atoms with E-state index in [9.17, 15) is 18.0 Å². The summed E-state index contributed by atoms with van der Waals surface area (Å²) < 4.78 is 40.1. The fourth-order valence-corrected chi connectivity index (χ4v) is 2.16. The second kappa shape index (κ2) is 8.82. The molecule has 1 heterocycles. The number of hydrogen-bond acceptors (Lipinski definition) is 4. The molecule has 1 aromatic heterocycles. The van der Waals surface area contributed by atoms with Crippen LogP contribution in [0.4, 0.5) is 13.2 Å². The molecule has 2 N–H and O–H groups in total. The second-order valence-corrected chi connectivity index (χ2v) is 5.23. The number of alkyl halides is 3. The summed E-state index contributed by atoms with van der Waals surface area (Å²) in [6.07, 6.45) is -3.34. The number of nitrogens with zero attached hydrogens (tertiary/aromatic N) is 3. The number of carbonyl (C=O) groups is 1. The molecule has 25 heavy (non-hydrogen) atoms. The van der Waals surface area contributed by atoms with Crippen molar-refractivity contribution in [3.63, 3.8) is 0 Å². The molecule has 10 heteroatoms. The first-order chi connectivity index (χ1) is 11.3. The minimum absolute atomic E-state index is 0. The summed E-state index contributed by atoms with van der Waals surface area (Å²) >= 11 is 0. The third kappa shape index (κ3) is 5.43. The summed E-state index contributed by atoms with van der Waals surface area (Å²) in [6.45, 7) is 4.99. The van der Waals surface area contributed by atoms with Crippen LogP contribution in [0.25, 0.3) is 5.69 Å². The van der Waals surface area contributed by atoms with Gasteiger partial charge in [0.1, 0.15) is 0 Å². The molecule has 0 fully saturated rings. The summed E-state index contributed by atoms with van der Waals surface area (Å²) in [7, 11) is 0. The number of aromatic nitrogens is 3. The van der Waals surface area contributed by atoms with Gasteiger partial charge in [0, 0.05) is 12.6 Å². The summed E-state index contributed by atoms with van der Waals surface area (Å²) in [4.78, 5) is 12.0. The number of para-hydroxylation sites is 1. The second-order valence-electron chi connectivity index (χ2n) is 5.23. The lowest BCUT2D eigenvalue weighted by atomic mass is 10.1. The van der Waals surface area contributed by atoms with E-state index in [-0.39, 0.29) is 29.8 Å². The van der Waals surface area contributed by atoms with E-state index in [4.69, 9.17) is 0 Å². The van der Waals surface area contributed by atoms with Gasteiger partial charge in [-0.1, -0.05) is 24.3 Å². The highest BCUT2D eigenvalue weighted by atomic mass is 35.5. The molecule has 2 aromatic rings. The molecule has 6 nitrogen and oxygen atoms in total. The van der Waals surface area contributed by atoms with E-state index in [1.807, 2.05) is 13.8 Å². The fourth-order valence-electron chi connectivity index (χ4n) is 2.16. The van der Waals surface area contributed by atoms with Crippen molar-refractivity contribution < 1.29 is 18.0 Å². The van der Waals surface area contributed by atoms with Crippen molar-refractivity contribution in [3.05, 3.63) is 41.7 Å². The Hall–Kier alpha value is -2.13. The predicted molar refractivity (Wildman–Crippen MR) is 89.1 cm³/mol. The number of rotatable bonds is 6. The molecule has 0 saturated carbocycles. The molecule has 1 atom stereocenters. The van der Waals surface area contributed by atoms with E-state index >= 15 is 0 Å². The Balaban J connectivity index is 0.00000312. The van der Waals surface area contributed by atoms with Crippen molar-refractivity contribution in [2.45, 2.75) is 26.1 Å². The number of halogens is 4. The van der Waals surface area contributed by atoms with Crippen LogP contribution in [-0.2, 0) is 6.18 Å². The Morgan fingerprint density at radius 3 is 2.64 bits per heavy atom. The SMILES string of the molecule is CCN[C@H](C)CNC(=O)c1cn(-c2ccccc2C(F)(F)F)nn1.Cl. The van der Waals surface area contributed by atoms with Crippen LogP contribution in [0.1, 0.15) is 29.9 Å². The van der Waals surface area contributed by atoms with Gasteiger partial charge in [-0.15, -0.1) is 17.5 Å². The normalized spacial score (nSPS) is 12.4. The van der Waals surface area contributed by atoms with Gasteiger partial charge in [-0.05, 0) is 25.6 Å². The molecule has 0 aliphatic rings. The maximum atomic E-state index is 13.0. The standard InChI is InChI=1S/C15H18F3N5O.ClH/c1-3-19-10(2)8-20-14(24)12-9-23(22-21-12)13-7-5-4-6-11(13)15(16,17)18;/h4-7,9-10,19H,3,8H2,1-2H3,(H,20,24);1H/t10-;/m1./s1. The lowest BCUT2D eigenvalue weighted by Crippen LogP contribution is -2.38. The van der Waals surface area contributed by atoms with Gasteiger partial charge in [-0.3, -0.25) is 4.79 Å². The van der Waals surface area contributed by atoms with Gasteiger partial charge in [0.2, 0.25) is 0 Å². The minimum atomic E-state index is -4.52. The molecule has 0 unspecified atom stereocenters. The van der Waals surface area contributed by atoms with Crippen molar-refractivity contribution in [1.29, 1.82) is 0 Å². The molecule has 0 spiro atoms. The monoisotopic (exact) mass is 377 g/mol. The third-order valence-electron chi connectivity index (χ3n) is 3.30. The van der Waals surface area contributed by atoms with E-state index in [1.54, 1.807) is 0 Å². The largest absolute Gasteiger partial charge is 0.418 e. The number of carbonyl (C=O) groups excluding carboxylic acids is 1. The first kappa shape index (κ1) is 20.9. The molecule has 0 radical (unpaired) electrons. The van der Waals surface area contributed by atoms with Gasteiger partial charge < -0.3 is 10.6 Å². The average Bonchev–Trinajstić information content (AvgIpc) is 3.02. The zero-order valence-corrected chi connectivity index (χ0v) is 14.5. The Labute approximate surface area is 149 Å². The van der Waals surface area contributed by atoms with Crippen molar-refractivity contribution in [2.75, 3.05) is 13.1 Å². The summed E-state index contributed by atoms with van der Waals surface area (Å²) in [5, 5.41) is 13.1. The highest BCUT2D eigenvalue weighted by Crippen LogP contribution is 2.33. The van der Waals surface area contributed by atoms with Crippen LogP contribution in [0.3, 0.4) is 0 Å². The van der Waals surface area contributed by atoms with Gasteiger partial charge in [0.25, 0.3) is 5.91 Å². The average molecular weight is 378 g/mol. The Morgan fingerprint density at radius 2 is 2.00 bits per heavy atom. The highest BCUT2D eigenvalue weighted by Gasteiger charge is 2.34. The molecule has 2 rings (SSSR count). The zero-order chi connectivity index (χ0) is 17.7. The summed E-state index contributed by atoms with van der Waals surface area (Å²) in [5.41, 5.74) is -1.07. The Kier molecular flexibility index (Phi) is 7.38. The van der Waals surface area contributed by atoms with Crippen molar-refractivity contribution >= 4 is 18.3 Å². The molecule has 0 aliphatic heterocycles. The predicted octanol–water partition coefficient (Wildman–Crippen LogP) is 2.44. The maximum absolute atomic E-state index is 13.0. The van der Waals surface area contributed by atoms with Gasteiger partial charge in [0.15, 0.2) is 5.69 Å². The van der Waals surface area contributed by atoms with E-state index in [0.717, 1.165) is 17.3 Å². The number of benzene rings is 1. The lowest BCUT2D eigenvalue weighted by Gasteiger charge is -2.12. The fraction of sp³-hybridized carbons (Fsp3) is 0.400. The van der Waals surface area contributed by atoms with Gasteiger partial charge >= 0.3 is 6.18 Å². The summed E-state index contributed by atoms with van der Waals surface area (Å²) in [5.74, 6) is -0.490. The van der Waals surface area contributed by atoms with Crippen LogP contribution in [0, 0.1) is 0 Å². The number of nitrogens with one attached hydrogen (secondary N) is 2. The van der Waals surface area contributed by atoms with Crippen molar-refractivity contribution in [2.24, 2.45) is 0 Å². The molecular formula is C15H19ClF3N5O. The molecular weight excluding hydrogens is 359 g/mol. The van der Waals surface area contributed by atoms with Crippen LogP contribution in [-0.4, -0.2) is 40.0 Å². The zero-order valence-electron chi connectivity index (χ0n) is 13.7. The maximum Gasteiger partial charge on any atom is 0.418 e. The number of likely N-dealkylation sites (N-methyl/N-ethyl adjacent to an activating group) is 1. The molecule has 0 aliphatic carbocycles. The smallest absolute Gasteiger partial charge is 0.349 e. The van der Waals surface area contributed by atoms with E-state index in [0.29, 0.717) is 6.54 Å². The molecule has 0 bridgehead atoms. The highest BCUT2D eigenvalue weighted by molar-refractivity contribution is 5.91. The van der Waals surface area contributed by atoms with E-state index in [1.165, 1.54) is 24.4 Å². The number of hydrogen-bond donors (Lipinski definition) is 2. The van der Waals surface area contributed by atoms with Crippen LogP contribution >= 0.6 is 12.4 Å². The van der Waals surface area contributed by atoms with E-state index in [2.05, 4.69) is 20.9 Å². The number of amides is 1. The quantitative estimate of drug-likeness (QED) is 0.811. The Bertz CT molecular complexity index is 704. The molecule has 138 valence electrons. The van der Waals surface area contributed by atoms with Crippen molar-refractivity contribution in [1.82, 2.24) is 25.6 Å². The third-order valence-corrected chi connectivity index (χ3v) is 3.30. The van der Waals surface area contributed by atoms with E-state index < -0.39 is 17.6 Å². The van der Waals surface area contributed by atoms with Crippen molar-refractivity contribution in [3.8, 4) is 5.69 Å². The van der Waals surface area contributed by atoms with Crippen LogP contribution in [0.2, 0.25) is 0 Å². The first-order valence-corrected chi connectivity index (χ1v) is 7.43. The molecule has 1 amide bonds. The Morgan fingerprint density at radius 1 is 1.32 bits per heavy atom. The van der Waals surface area contributed by atoms with Gasteiger partial charge in [-0.25, -0.2) is 4.68 Å². The topological polar surface area (TPSA) is 71.8 Å². The lowest BCUT2D eigenvalue weighted by molar-refractivity contribution is -0.137. The summed E-state index contributed by atoms with van der Waals surface area (Å²) in [6, 6.07) is 5.05. The van der Waals surface area contributed by atoms with Crippen LogP contribution < -0.4 is 10.6 Å². The van der Waals surface area contributed by atoms with Gasteiger partial charge in [0.05, 0.1) is 17.4 Å². The minimum Gasteiger partial charge on any atom is -0.349 e.